The molecule has 0 aromatic carbocycles. The first-order chi connectivity index (χ1) is 13.9. The van der Waals surface area contributed by atoms with Gasteiger partial charge in [-0.1, -0.05) is 13.2 Å². The van der Waals surface area contributed by atoms with E-state index in [1.54, 1.807) is 0 Å². The summed E-state index contributed by atoms with van der Waals surface area (Å²) in [5, 5.41) is 0. The van der Waals surface area contributed by atoms with Gasteiger partial charge in [0, 0.05) is 0 Å². The molecule has 0 bridgehead atoms. The monoisotopic (exact) mass is 480 g/mol. The summed E-state index contributed by atoms with van der Waals surface area (Å²) in [6.07, 6.45) is -11.7. The number of rotatable bonds is 14. The number of ether oxygens (including phenoxy) is 4. The predicted molar refractivity (Wildman–Crippen MR) is 78.7 cm³/mol. The fourth-order valence-corrected chi connectivity index (χ4v) is 1.31. The minimum atomic E-state index is -5.33. The highest BCUT2D eigenvalue weighted by atomic mass is 19.3. The van der Waals surface area contributed by atoms with Gasteiger partial charge in [-0.3, -0.25) is 0 Å². The van der Waals surface area contributed by atoms with E-state index in [1.165, 1.54) is 0 Å². The van der Waals surface area contributed by atoms with Crippen LogP contribution >= 0.6 is 0 Å². The van der Waals surface area contributed by atoms with Gasteiger partial charge in [0.15, 0.2) is 13.2 Å². The van der Waals surface area contributed by atoms with Crippen molar-refractivity contribution < 1.29 is 72.4 Å². The van der Waals surface area contributed by atoms with Crippen molar-refractivity contribution in [2.45, 2.75) is 30.5 Å². The molecule has 0 aliphatic carbocycles. The molecule has 0 aliphatic rings. The molecule has 0 atom stereocenters. The first kappa shape index (κ1) is 28.6. The molecule has 16 heteroatoms. The molecular formula is C15H14F10O6. The van der Waals surface area contributed by atoms with E-state index >= 15 is 0 Å². The van der Waals surface area contributed by atoms with Gasteiger partial charge in [0.2, 0.25) is 11.7 Å². The van der Waals surface area contributed by atoms with Gasteiger partial charge in [0.05, 0.1) is 13.2 Å². The van der Waals surface area contributed by atoms with Gasteiger partial charge < -0.3 is 18.9 Å². The summed E-state index contributed by atoms with van der Waals surface area (Å²) in [7, 11) is 0. The lowest BCUT2D eigenvalue weighted by Crippen LogP contribution is -2.47. The Kier molecular flexibility index (Phi) is 9.97. The van der Waals surface area contributed by atoms with Crippen LogP contribution in [0.5, 0.6) is 0 Å². The molecule has 0 aromatic heterocycles. The van der Waals surface area contributed by atoms with Crippen LogP contribution in [0.1, 0.15) is 6.42 Å². The Labute approximate surface area is 167 Å². The molecule has 6 nitrogen and oxygen atoms in total. The Balaban J connectivity index is 4.57. The zero-order valence-electron chi connectivity index (χ0n) is 15.2. The summed E-state index contributed by atoms with van der Waals surface area (Å²) in [6, 6.07) is 0. The van der Waals surface area contributed by atoms with E-state index in [0.29, 0.717) is 0 Å². The van der Waals surface area contributed by atoms with E-state index in [-0.39, 0.29) is 0 Å². The molecule has 0 saturated heterocycles. The smallest absolute Gasteiger partial charge is 0.422 e. The SMILES string of the molecule is C=C(F)C(=O)OCC(F)(F)C(F)(F)OCCCOC(F)(F)C(F)(F)COC(=O)C(=C)F. The highest BCUT2D eigenvalue weighted by Gasteiger charge is 2.60. The maximum Gasteiger partial charge on any atom is 0.422 e. The van der Waals surface area contributed by atoms with Crippen molar-refractivity contribution >= 4 is 11.9 Å². The molecule has 0 N–H and O–H groups in total. The van der Waals surface area contributed by atoms with Gasteiger partial charge in [0.1, 0.15) is 0 Å². The Hall–Kier alpha value is -2.36. The Morgan fingerprint density at radius 1 is 0.645 bits per heavy atom. The Bertz CT molecular complexity index is 623. The summed E-state index contributed by atoms with van der Waals surface area (Å²) >= 11 is 0. The third kappa shape index (κ3) is 8.72. The molecule has 0 spiro atoms. The highest BCUT2D eigenvalue weighted by molar-refractivity contribution is 5.85. The van der Waals surface area contributed by atoms with Gasteiger partial charge in [-0.05, 0) is 6.42 Å². The van der Waals surface area contributed by atoms with E-state index in [9.17, 15) is 53.5 Å². The molecule has 0 aliphatic heterocycles. The summed E-state index contributed by atoms with van der Waals surface area (Å²) in [6.45, 7) is -2.76. The lowest BCUT2D eigenvalue weighted by atomic mass is 10.3. The van der Waals surface area contributed by atoms with Gasteiger partial charge in [-0.25, -0.2) is 9.59 Å². The molecule has 0 saturated carbocycles. The fraction of sp³-hybridized carbons (Fsp3) is 0.600. The molecule has 180 valence electrons. The second-order valence-electron chi connectivity index (χ2n) is 5.45. The summed E-state index contributed by atoms with van der Waals surface area (Å²) in [5.41, 5.74) is 0. The number of carbonyl (C=O) groups excluding carboxylic acids is 2. The van der Waals surface area contributed by atoms with E-state index in [0.717, 1.165) is 0 Å². The Morgan fingerprint density at radius 2 is 0.935 bits per heavy atom. The van der Waals surface area contributed by atoms with Crippen molar-refractivity contribution in [3.8, 4) is 0 Å². The third-order valence-corrected chi connectivity index (χ3v) is 2.92. The molecule has 0 fully saturated rings. The molecule has 0 heterocycles. The molecular weight excluding hydrogens is 466 g/mol. The number of alkyl halides is 8. The van der Waals surface area contributed by atoms with E-state index in [1.807, 2.05) is 0 Å². The number of hydrogen-bond donors (Lipinski definition) is 0. The third-order valence-electron chi connectivity index (χ3n) is 2.92. The van der Waals surface area contributed by atoms with Crippen LogP contribution in [-0.4, -0.2) is 62.4 Å². The van der Waals surface area contributed by atoms with Gasteiger partial charge in [0.25, 0.3) is 0 Å². The lowest BCUT2D eigenvalue weighted by molar-refractivity contribution is -0.363. The largest absolute Gasteiger partial charge is 0.454 e. The van der Waals surface area contributed by atoms with Crippen molar-refractivity contribution in [1.29, 1.82) is 0 Å². The van der Waals surface area contributed by atoms with Crippen LogP contribution in [0.4, 0.5) is 43.9 Å². The fourth-order valence-electron chi connectivity index (χ4n) is 1.31. The van der Waals surface area contributed by atoms with Crippen LogP contribution in [-0.2, 0) is 28.5 Å². The summed E-state index contributed by atoms with van der Waals surface area (Å²) in [4.78, 5) is 21.2. The zero-order chi connectivity index (χ0) is 24.7. The first-order valence-corrected chi connectivity index (χ1v) is 7.68. The first-order valence-electron chi connectivity index (χ1n) is 7.68. The van der Waals surface area contributed by atoms with Gasteiger partial charge >= 0.3 is 36.0 Å². The van der Waals surface area contributed by atoms with Crippen molar-refractivity contribution in [2.75, 3.05) is 26.4 Å². The minimum absolute atomic E-state index is 1.04. The van der Waals surface area contributed by atoms with Crippen molar-refractivity contribution in [3.05, 3.63) is 24.8 Å². The van der Waals surface area contributed by atoms with Crippen LogP contribution in [0.3, 0.4) is 0 Å². The molecule has 31 heavy (non-hydrogen) atoms. The second-order valence-corrected chi connectivity index (χ2v) is 5.45. The van der Waals surface area contributed by atoms with Gasteiger partial charge in [-0.2, -0.15) is 43.9 Å². The zero-order valence-corrected chi connectivity index (χ0v) is 15.2. The topological polar surface area (TPSA) is 71.1 Å². The average molecular weight is 480 g/mol. The van der Waals surface area contributed by atoms with E-state index in [2.05, 4.69) is 32.1 Å². The maximum absolute atomic E-state index is 13.3. The number of carbonyl (C=O) groups is 2. The average Bonchev–Trinajstić information content (AvgIpc) is 2.63. The molecule has 0 aromatic rings. The molecule has 0 unspecified atom stereocenters. The summed E-state index contributed by atoms with van der Waals surface area (Å²) in [5.74, 6) is -18.2. The minimum Gasteiger partial charge on any atom is -0.454 e. The second kappa shape index (κ2) is 10.8. The van der Waals surface area contributed by atoms with Gasteiger partial charge in [-0.15, -0.1) is 0 Å². The van der Waals surface area contributed by atoms with E-state index < -0.39 is 80.5 Å². The molecule has 0 amide bonds. The summed E-state index contributed by atoms with van der Waals surface area (Å²) < 4.78 is 145. The number of halogens is 10. The number of hydrogen-bond acceptors (Lipinski definition) is 6. The maximum atomic E-state index is 13.3. The van der Waals surface area contributed by atoms with Crippen LogP contribution in [0, 0.1) is 0 Å². The number of esters is 2. The van der Waals surface area contributed by atoms with Crippen molar-refractivity contribution in [1.82, 2.24) is 0 Å². The van der Waals surface area contributed by atoms with Crippen LogP contribution in [0.25, 0.3) is 0 Å². The normalized spacial score (nSPS) is 13.0. The Morgan fingerprint density at radius 3 is 1.19 bits per heavy atom. The quantitative estimate of drug-likeness (QED) is 0.163. The highest BCUT2D eigenvalue weighted by Crippen LogP contribution is 2.37. The van der Waals surface area contributed by atoms with Crippen LogP contribution in [0.15, 0.2) is 24.8 Å². The molecule has 0 radical (unpaired) electrons. The van der Waals surface area contributed by atoms with E-state index in [4.69, 9.17) is 0 Å². The molecule has 0 rings (SSSR count). The van der Waals surface area contributed by atoms with Crippen LogP contribution in [0.2, 0.25) is 0 Å². The van der Waals surface area contributed by atoms with Crippen LogP contribution < -0.4 is 0 Å². The van der Waals surface area contributed by atoms with Crippen molar-refractivity contribution in [3.63, 3.8) is 0 Å². The van der Waals surface area contributed by atoms with Crippen molar-refractivity contribution in [2.24, 2.45) is 0 Å². The lowest BCUT2D eigenvalue weighted by Gasteiger charge is -2.27. The standard InChI is InChI=1S/C15H14F10O6/c1-8(16)10(26)28-6-12(18,19)14(22,23)30-4-3-5-31-15(24,25)13(20,21)7-29-11(27)9(2)17/h1-7H2. The predicted octanol–water partition coefficient (Wildman–Crippen LogP) is 3.92.